The number of carbonyl (C=O) groups is 1. The first-order valence-corrected chi connectivity index (χ1v) is 8.54. The molecule has 26 heavy (non-hydrogen) atoms. The van der Waals surface area contributed by atoms with E-state index in [1.54, 1.807) is 12.3 Å². The van der Waals surface area contributed by atoms with Gasteiger partial charge in [-0.25, -0.2) is 9.78 Å². The molecule has 2 aromatic heterocycles. The fraction of sp³-hybridized carbons (Fsp3) is 0.211. The monoisotopic (exact) mass is 349 g/mol. The molecule has 3 aromatic rings. The first-order chi connectivity index (χ1) is 12.7. The Morgan fingerprint density at radius 3 is 2.73 bits per heavy atom. The lowest BCUT2D eigenvalue weighted by Gasteiger charge is -2.22. The van der Waals surface area contributed by atoms with Gasteiger partial charge < -0.3 is 15.7 Å². The molecule has 2 amide bonds. The number of urea groups is 1. The third-order valence-electron chi connectivity index (χ3n) is 4.45. The van der Waals surface area contributed by atoms with Crippen molar-refractivity contribution in [2.24, 2.45) is 0 Å². The van der Waals surface area contributed by atoms with Crippen molar-refractivity contribution < 1.29 is 9.90 Å². The first-order valence-electron chi connectivity index (χ1n) is 8.54. The molecule has 0 radical (unpaired) electrons. The Kier molecular flexibility index (Phi) is 4.27. The van der Waals surface area contributed by atoms with Crippen LogP contribution < -0.4 is 10.6 Å². The summed E-state index contributed by atoms with van der Waals surface area (Å²) in [5.74, 6) is 0.666. The van der Waals surface area contributed by atoms with Gasteiger partial charge in [-0.1, -0.05) is 24.3 Å². The van der Waals surface area contributed by atoms with Crippen molar-refractivity contribution in [2.45, 2.75) is 25.3 Å². The second-order valence-electron chi connectivity index (χ2n) is 6.25. The zero-order chi connectivity index (χ0) is 17.9. The van der Waals surface area contributed by atoms with Crippen molar-refractivity contribution in [3.05, 3.63) is 66.0 Å². The molecule has 1 aliphatic carbocycles. The first kappa shape index (κ1) is 16.1. The van der Waals surface area contributed by atoms with Gasteiger partial charge in [-0.15, -0.1) is 0 Å². The van der Waals surface area contributed by atoms with Crippen LogP contribution in [0.25, 0.3) is 5.82 Å². The van der Waals surface area contributed by atoms with Crippen molar-refractivity contribution in [1.82, 2.24) is 20.1 Å². The van der Waals surface area contributed by atoms with Gasteiger partial charge in [-0.2, -0.15) is 9.78 Å². The van der Waals surface area contributed by atoms with Crippen LogP contribution >= 0.6 is 0 Å². The van der Waals surface area contributed by atoms with E-state index in [4.69, 9.17) is 0 Å². The topological polar surface area (TPSA) is 92.1 Å². The van der Waals surface area contributed by atoms with Crippen LogP contribution in [0.15, 0.2) is 54.7 Å². The molecule has 1 atom stereocenters. The van der Waals surface area contributed by atoms with Crippen molar-refractivity contribution in [2.75, 3.05) is 5.32 Å². The van der Waals surface area contributed by atoms with Crippen LogP contribution in [-0.2, 0) is 12.8 Å². The number of benzene rings is 1. The summed E-state index contributed by atoms with van der Waals surface area (Å²) < 4.78 is 1.46. The Balaban J connectivity index is 1.46. The summed E-state index contributed by atoms with van der Waals surface area (Å²) in [6.45, 7) is 0. The fourth-order valence-corrected chi connectivity index (χ4v) is 3.19. The Morgan fingerprint density at radius 1 is 1.15 bits per heavy atom. The molecule has 3 N–H and O–H groups in total. The van der Waals surface area contributed by atoms with Gasteiger partial charge in [-0.05, 0) is 43.5 Å². The lowest BCUT2D eigenvalue weighted by molar-refractivity contribution is 0.247. The molecule has 0 saturated heterocycles. The molecule has 1 unspecified atom stereocenters. The molecular formula is C19H19N5O2. The highest BCUT2D eigenvalue weighted by molar-refractivity contribution is 5.89. The van der Waals surface area contributed by atoms with E-state index in [0.29, 0.717) is 18.7 Å². The molecule has 0 bridgehead atoms. The molecule has 4 rings (SSSR count). The molecule has 0 fully saturated rings. The van der Waals surface area contributed by atoms with Crippen molar-refractivity contribution in [1.29, 1.82) is 0 Å². The number of amides is 2. The van der Waals surface area contributed by atoms with Crippen LogP contribution in [0.5, 0.6) is 5.88 Å². The van der Waals surface area contributed by atoms with Crippen molar-refractivity contribution in [3.63, 3.8) is 0 Å². The van der Waals surface area contributed by atoms with E-state index in [2.05, 4.69) is 20.7 Å². The third kappa shape index (κ3) is 3.23. The maximum Gasteiger partial charge on any atom is 0.319 e. The number of para-hydroxylation sites is 1. The molecule has 0 saturated carbocycles. The zero-order valence-corrected chi connectivity index (χ0v) is 14.1. The molecule has 0 spiro atoms. The second kappa shape index (κ2) is 6.87. The fourth-order valence-electron chi connectivity index (χ4n) is 3.19. The minimum atomic E-state index is -0.249. The quantitative estimate of drug-likeness (QED) is 0.678. The standard InChI is InChI=1S/C19H19N5O2/c25-18-15-12-14(22-19(26)21-13-6-2-1-3-7-13)9-10-16(15)23-24(18)17-8-4-5-11-20-17/h1-8,11,14,25H,9-10,12H2,(H2,21,22,26). The van der Waals surface area contributed by atoms with E-state index in [1.165, 1.54) is 4.68 Å². The van der Waals surface area contributed by atoms with Crippen LogP contribution in [-0.4, -0.2) is 31.9 Å². The van der Waals surface area contributed by atoms with Gasteiger partial charge in [0.1, 0.15) is 0 Å². The van der Waals surface area contributed by atoms with Crippen LogP contribution in [0.1, 0.15) is 17.7 Å². The van der Waals surface area contributed by atoms with Crippen LogP contribution in [0, 0.1) is 0 Å². The minimum Gasteiger partial charge on any atom is -0.493 e. The van der Waals surface area contributed by atoms with Crippen molar-refractivity contribution >= 4 is 11.7 Å². The summed E-state index contributed by atoms with van der Waals surface area (Å²) >= 11 is 0. The number of anilines is 1. The number of pyridine rings is 1. The van der Waals surface area contributed by atoms with E-state index < -0.39 is 0 Å². The number of aryl methyl sites for hydroxylation is 1. The average molecular weight is 349 g/mol. The minimum absolute atomic E-state index is 0.0569. The van der Waals surface area contributed by atoms with Crippen LogP contribution in [0.2, 0.25) is 0 Å². The number of aromatic nitrogens is 3. The number of fused-ring (bicyclic) bond motifs is 1. The second-order valence-corrected chi connectivity index (χ2v) is 6.25. The molecule has 132 valence electrons. The number of aromatic hydroxyl groups is 1. The SMILES string of the molecule is O=C(Nc1ccccc1)NC1CCc2nn(-c3ccccn3)c(O)c2C1. The lowest BCUT2D eigenvalue weighted by atomic mass is 9.93. The Labute approximate surface area is 150 Å². The number of nitrogens with zero attached hydrogens (tertiary/aromatic N) is 3. The number of nitrogens with one attached hydrogen (secondary N) is 2. The van der Waals surface area contributed by atoms with E-state index in [0.717, 1.165) is 23.4 Å². The average Bonchev–Trinajstić information content (AvgIpc) is 3.00. The van der Waals surface area contributed by atoms with Gasteiger partial charge in [0.15, 0.2) is 5.82 Å². The number of rotatable bonds is 3. The van der Waals surface area contributed by atoms with Gasteiger partial charge in [-0.3, -0.25) is 0 Å². The summed E-state index contributed by atoms with van der Waals surface area (Å²) in [6.07, 6.45) is 3.66. The third-order valence-corrected chi connectivity index (χ3v) is 4.45. The van der Waals surface area contributed by atoms with E-state index in [1.807, 2.05) is 42.5 Å². The van der Waals surface area contributed by atoms with Gasteiger partial charge in [0.2, 0.25) is 5.88 Å². The largest absolute Gasteiger partial charge is 0.493 e. The smallest absolute Gasteiger partial charge is 0.319 e. The van der Waals surface area contributed by atoms with Gasteiger partial charge in [0.25, 0.3) is 0 Å². The van der Waals surface area contributed by atoms with E-state index in [9.17, 15) is 9.90 Å². The molecule has 2 heterocycles. The highest BCUT2D eigenvalue weighted by Gasteiger charge is 2.27. The summed E-state index contributed by atoms with van der Waals surface area (Å²) in [6, 6.07) is 14.5. The van der Waals surface area contributed by atoms with Crippen LogP contribution in [0.4, 0.5) is 10.5 Å². The Bertz CT molecular complexity index is 908. The molecule has 7 heteroatoms. The number of hydrogen-bond donors (Lipinski definition) is 3. The molecule has 1 aromatic carbocycles. The molecule has 1 aliphatic rings. The maximum atomic E-state index is 12.2. The highest BCUT2D eigenvalue weighted by atomic mass is 16.3. The maximum absolute atomic E-state index is 12.2. The summed E-state index contributed by atoms with van der Waals surface area (Å²) in [5.41, 5.74) is 2.37. The number of carbonyl (C=O) groups excluding carboxylic acids is 1. The Hall–Kier alpha value is -3.35. The Morgan fingerprint density at radius 2 is 1.96 bits per heavy atom. The molecule has 0 aliphatic heterocycles. The van der Waals surface area contributed by atoms with Gasteiger partial charge >= 0.3 is 6.03 Å². The summed E-state index contributed by atoms with van der Waals surface area (Å²) in [7, 11) is 0. The number of hydrogen-bond acceptors (Lipinski definition) is 4. The van der Waals surface area contributed by atoms with Crippen molar-refractivity contribution in [3.8, 4) is 11.7 Å². The van der Waals surface area contributed by atoms with E-state index in [-0.39, 0.29) is 18.0 Å². The van der Waals surface area contributed by atoms with E-state index >= 15 is 0 Å². The van der Waals surface area contributed by atoms with Crippen LogP contribution in [0.3, 0.4) is 0 Å². The lowest BCUT2D eigenvalue weighted by Crippen LogP contribution is -2.41. The predicted octanol–water partition coefficient (Wildman–Crippen LogP) is 2.65. The van der Waals surface area contributed by atoms with Gasteiger partial charge in [0.05, 0.1) is 5.69 Å². The normalized spacial score (nSPS) is 15.9. The summed E-state index contributed by atoms with van der Waals surface area (Å²) in [4.78, 5) is 16.4. The summed E-state index contributed by atoms with van der Waals surface area (Å²) in [5, 5.41) is 20.8. The highest BCUT2D eigenvalue weighted by Crippen LogP contribution is 2.30. The molecule has 7 nitrogen and oxygen atoms in total. The predicted molar refractivity (Wildman–Crippen MR) is 97.4 cm³/mol. The van der Waals surface area contributed by atoms with Gasteiger partial charge in [0, 0.05) is 23.5 Å². The molecular weight excluding hydrogens is 330 g/mol. The zero-order valence-electron chi connectivity index (χ0n) is 14.1.